The summed E-state index contributed by atoms with van der Waals surface area (Å²) in [7, 11) is 1.68. The molecule has 0 aliphatic rings. The van der Waals surface area contributed by atoms with Gasteiger partial charge in [-0.2, -0.15) is 0 Å². The van der Waals surface area contributed by atoms with Crippen LogP contribution in [0.2, 0.25) is 0 Å². The van der Waals surface area contributed by atoms with Crippen LogP contribution >= 0.6 is 0 Å². The molecule has 0 spiro atoms. The topological polar surface area (TPSA) is 38.8 Å². The average Bonchev–Trinajstić information content (AvgIpc) is 2.82. The summed E-state index contributed by atoms with van der Waals surface area (Å²) in [4.78, 5) is 15.8. The number of benzene rings is 2. The van der Waals surface area contributed by atoms with Crippen LogP contribution in [0, 0.1) is 0 Å². The number of hydrogen-bond acceptors (Lipinski definition) is 4. The zero-order valence-corrected chi connectivity index (χ0v) is 20.9. The van der Waals surface area contributed by atoms with Gasteiger partial charge in [0.05, 0.1) is 13.7 Å². The highest BCUT2D eigenvalue weighted by Crippen LogP contribution is 2.34. The minimum atomic E-state index is -0.803. The van der Waals surface area contributed by atoms with Gasteiger partial charge in [-0.15, -0.1) is 0 Å². The number of carbonyl (C=O) groups excluding carboxylic acids is 1. The molecule has 0 saturated heterocycles. The molecule has 2 aromatic carbocycles. The minimum absolute atomic E-state index is 0.154. The fourth-order valence-electron chi connectivity index (χ4n) is 4.37. The van der Waals surface area contributed by atoms with Crippen LogP contribution in [0.1, 0.15) is 84.6 Å². The molecule has 1 unspecified atom stereocenters. The lowest BCUT2D eigenvalue weighted by Gasteiger charge is -2.40. The van der Waals surface area contributed by atoms with Crippen molar-refractivity contribution < 1.29 is 14.3 Å². The predicted octanol–water partition coefficient (Wildman–Crippen LogP) is 7.09. The lowest BCUT2D eigenvalue weighted by molar-refractivity contribution is -0.158. The molecule has 2 rings (SSSR count). The maximum Gasteiger partial charge on any atom is 0.330 e. The highest BCUT2D eigenvalue weighted by atomic mass is 16.5. The fourth-order valence-corrected chi connectivity index (χ4v) is 4.37. The van der Waals surface area contributed by atoms with Gasteiger partial charge in [0.25, 0.3) is 0 Å². The molecule has 32 heavy (non-hydrogen) atoms. The van der Waals surface area contributed by atoms with Crippen LogP contribution in [0.25, 0.3) is 10.8 Å². The summed E-state index contributed by atoms with van der Waals surface area (Å²) in [5.41, 5.74) is 0.197. The molecule has 4 nitrogen and oxygen atoms in total. The Labute approximate surface area is 195 Å². The lowest BCUT2D eigenvalue weighted by Crippen LogP contribution is -2.51. The monoisotopic (exact) mass is 441 g/mol. The summed E-state index contributed by atoms with van der Waals surface area (Å²) in [6, 6.07) is 12.4. The van der Waals surface area contributed by atoms with E-state index in [9.17, 15) is 4.79 Å². The Balaban J connectivity index is 2.42. The number of nitrogens with zero attached hydrogens (tertiary/aromatic N) is 1. The van der Waals surface area contributed by atoms with Crippen molar-refractivity contribution >= 4 is 16.7 Å². The van der Waals surface area contributed by atoms with E-state index in [2.05, 4.69) is 49.9 Å². The van der Waals surface area contributed by atoms with Crippen LogP contribution in [-0.2, 0) is 15.1 Å². The van der Waals surface area contributed by atoms with Gasteiger partial charge in [-0.1, -0.05) is 70.6 Å². The number of unbranched alkanes of at least 4 members (excludes halogenated alkanes) is 6. The first-order valence-electron chi connectivity index (χ1n) is 12.5. The normalized spacial score (nSPS) is 13.3. The molecule has 0 aliphatic heterocycles. The van der Waals surface area contributed by atoms with Gasteiger partial charge >= 0.3 is 5.97 Å². The molecular weight excluding hydrogens is 398 g/mol. The predicted molar refractivity (Wildman–Crippen MR) is 134 cm³/mol. The first-order valence-corrected chi connectivity index (χ1v) is 12.5. The van der Waals surface area contributed by atoms with Gasteiger partial charge in [0, 0.05) is 0 Å². The van der Waals surface area contributed by atoms with Crippen molar-refractivity contribution in [1.82, 2.24) is 4.90 Å². The van der Waals surface area contributed by atoms with Crippen molar-refractivity contribution in [3.05, 3.63) is 42.0 Å². The van der Waals surface area contributed by atoms with E-state index in [4.69, 9.17) is 9.47 Å². The third kappa shape index (κ3) is 6.71. The second-order valence-electron chi connectivity index (χ2n) is 8.83. The molecule has 0 amide bonds. The van der Waals surface area contributed by atoms with E-state index in [-0.39, 0.29) is 5.97 Å². The molecule has 0 N–H and O–H groups in total. The van der Waals surface area contributed by atoms with Crippen molar-refractivity contribution in [3.63, 3.8) is 0 Å². The molecule has 4 heteroatoms. The van der Waals surface area contributed by atoms with E-state index in [0.717, 1.165) is 48.0 Å². The van der Waals surface area contributed by atoms with Crippen LogP contribution in [0.4, 0.5) is 0 Å². The summed E-state index contributed by atoms with van der Waals surface area (Å²) in [6.45, 7) is 10.6. The van der Waals surface area contributed by atoms with Gasteiger partial charge in [0.1, 0.15) is 11.3 Å². The van der Waals surface area contributed by atoms with Crippen LogP contribution in [0.15, 0.2) is 36.4 Å². The van der Waals surface area contributed by atoms with E-state index in [1.54, 1.807) is 7.11 Å². The molecule has 0 saturated carbocycles. The summed E-state index contributed by atoms with van der Waals surface area (Å²) in [5, 5.41) is 2.22. The van der Waals surface area contributed by atoms with Gasteiger partial charge < -0.3 is 9.47 Å². The Morgan fingerprint density at radius 3 is 2.00 bits per heavy atom. The standard InChI is InChI=1S/C28H43NO3/c1-6-9-11-13-19-29(20-14-12-10-7-2)28(4,27(30)32-8-3)25-17-15-24-22-26(31-5)18-16-23(24)21-25/h15-18,21-22H,6-14,19-20H2,1-5H3. The third-order valence-corrected chi connectivity index (χ3v) is 6.48. The smallest absolute Gasteiger partial charge is 0.330 e. The molecule has 2 aromatic rings. The summed E-state index contributed by atoms with van der Waals surface area (Å²) >= 11 is 0. The van der Waals surface area contributed by atoms with Gasteiger partial charge in [0.2, 0.25) is 0 Å². The van der Waals surface area contributed by atoms with Gasteiger partial charge in [0.15, 0.2) is 0 Å². The number of hydrogen-bond donors (Lipinski definition) is 0. The molecule has 1 atom stereocenters. The molecule has 0 aromatic heterocycles. The molecule has 0 heterocycles. The van der Waals surface area contributed by atoms with E-state index >= 15 is 0 Å². The van der Waals surface area contributed by atoms with Gasteiger partial charge in [-0.3, -0.25) is 4.90 Å². The Morgan fingerprint density at radius 2 is 1.44 bits per heavy atom. The summed E-state index contributed by atoms with van der Waals surface area (Å²) < 4.78 is 11.0. The van der Waals surface area contributed by atoms with E-state index in [1.165, 1.54) is 38.5 Å². The third-order valence-electron chi connectivity index (χ3n) is 6.48. The summed E-state index contributed by atoms with van der Waals surface area (Å²) in [6.07, 6.45) is 9.47. The first kappa shape index (κ1) is 26.2. The van der Waals surface area contributed by atoms with Gasteiger partial charge in [-0.25, -0.2) is 4.79 Å². The largest absolute Gasteiger partial charge is 0.497 e. The van der Waals surface area contributed by atoms with Crippen molar-refractivity contribution in [2.45, 2.75) is 84.6 Å². The number of carbonyl (C=O) groups is 1. The second-order valence-corrected chi connectivity index (χ2v) is 8.83. The SMILES string of the molecule is CCCCCCN(CCCCCC)C(C)(C(=O)OCC)c1ccc2cc(OC)ccc2c1. The zero-order valence-electron chi connectivity index (χ0n) is 20.9. The Hall–Kier alpha value is -2.07. The Kier molecular flexibility index (Phi) is 11.0. The van der Waals surface area contributed by atoms with E-state index in [1.807, 2.05) is 19.1 Å². The van der Waals surface area contributed by atoms with Crippen molar-refractivity contribution in [2.24, 2.45) is 0 Å². The van der Waals surface area contributed by atoms with Crippen molar-refractivity contribution in [2.75, 3.05) is 26.8 Å². The fraction of sp³-hybridized carbons (Fsp3) is 0.607. The average molecular weight is 442 g/mol. The minimum Gasteiger partial charge on any atom is -0.497 e. The molecule has 0 fully saturated rings. The maximum absolute atomic E-state index is 13.4. The molecule has 0 bridgehead atoms. The van der Waals surface area contributed by atoms with E-state index < -0.39 is 5.54 Å². The molecular formula is C28H43NO3. The Bertz CT molecular complexity index is 823. The van der Waals surface area contributed by atoms with Crippen LogP contribution in [0.5, 0.6) is 5.75 Å². The molecule has 0 radical (unpaired) electrons. The lowest BCUT2D eigenvalue weighted by atomic mass is 9.87. The van der Waals surface area contributed by atoms with Crippen LogP contribution < -0.4 is 4.74 Å². The number of fused-ring (bicyclic) bond motifs is 1. The van der Waals surface area contributed by atoms with Crippen molar-refractivity contribution in [1.29, 1.82) is 0 Å². The van der Waals surface area contributed by atoms with Crippen LogP contribution in [0.3, 0.4) is 0 Å². The maximum atomic E-state index is 13.4. The van der Waals surface area contributed by atoms with Crippen LogP contribution in [-0.4, -0.2) is 37.7 Å². The van der Waals surface area contributed by atoms with Gasteiger partial charge in [-0.05, 0) is 74.3 Å². The molecule has 0 aliphatic carbocycles. The van der Waals surface area contributed by atoms with E-state index in [0.29, 0.717) is 6.61 Å². The number of esters is 1. The number of rotatable bonds is 15. The quantitative estimate of drug-likeness (QED) is 0.218. The second kappa shape index (κ2) is 13.5. The number of methoxy groups -OCH3 is 1. The highest BCUT2D eigenvalue weighted by Gasteiger charge is 2.42. The number of ether oxygens (including phenoxy) is 2. The summed E-state index contributed by atoms with van der Waals surface area (Å²) in [5.74, 6) is 0.686. The van der Waals surface area contributed by atoms with Crippen molar-refractivity contribution in [3.8, 4) is 5.75 Å². The Morgan fingerprint density at radius 1 is 0.844 bits per heavy atom. The molecule has 178 valence electrons. The zero-order chi connectivity index (χ0) is 23.4. The first-order chi connectivity index (χ1) is 15.5. The highest BCUT2D eigenvalue weighted by molar-refractivity contribution is 5.88.